The molecule has 0 saturated heterocycles. The van der Waals surface area contributed by atoms with Crippen LogP contribution in [0.5, 0.6) is 5.75 Å². The number of nitro benzene ring substituents is 1. The Hall–Kier alpha value is -3.65. The molecular formula is C21H18N2O6. The summed E-state index contributed by atoms with van der Waals surface area (Å²) in [6.07, 6.45) is 2.81. The molecule has 0 radical (unpaired) electrons. The number of benzene rings is 2. The predicted molar refractivity (Wildman–Crippen MR) is 105 cm³/mol. The number of non-ortho nitro benzene ring substituents is 1. The summed E-state index contributed by atoms with van der Waals surface area (Å²) in [4.78, 5) is 23.0. The number of nitrogens with zero attached hydrogens (tertiary/aromatic N) is 1. The molecule has 3 aromatic rings. The van der Waals surface area contributed by atoms with Crippen molar-refractivity contribution in [3.63, 3.8) is 0 Å². The van der Waals surface area contributed by atoms with E-state index in [-0.39, 0.29) is 31.0 Å². The van der Waals surface area contributed by atoms with Gasteiger partial charge in [0.25, 0.3) is 5.69 Å². The average molecular weight is 394 g/mol. The lowest BCUT2D eigenvalue weighted by Gasteiger charge is -2.19. The fraction of sp³-hybridized carbons (Fsp3) is 0.190. The van der Waals surface area contributed by atoms with Crippen LogP contribution >= 0.6 is 0 Å². The van der Waals surface area contributed by atoms with Crippen molar-refractivity contribution in [2.75, 3.05) is 6.79 Å². The zero-order valence-corrected chi connectivity index (χ0v) is 15.6. The highest BCUT2D eigenvalue weighted by atomic mass is 16.7. The largest absolute Gasteiger partial charge is 0.467 e. The first kappa shape index (κ1) is 18.7. The molecule has 0 spiro atoms. The Morgan fingerprint density at radius 3 is 2.90 bits per heavy atom. The Kier molecular flexibility index (Phi) is 5.01. The van der Waals surface area contributed by atoms with E-state index in [1.165, 1.54) is 24.3 Å². The van der Waals surface area contributed by atoms with Crippen LogP contribution < -0.4 is 10.1 Å². The van der Waals surface area contributed by atoms with Gasteiger partial charge in [0.15, 0.2) is 6.79 Å². The molecule has 1 aliphatic heterocycles. The molecule has 0 fully saturated rings. The topological polar surface area (TPSA) is 104 Å². The predicted octanol–water partition coefficient (Wildman–Crippen LogP) is 4.10. The summed E-state index contributed by atoms with van der Waals surface area (Å²) in [6, 6.07) is 11.9. The van der Waals surface area contributed by atoms with Gasteiger partial charge in [-0.2, -0.15) is 0 Å². The third-order valence-corrected chi connectivity index (χ3v) is 4.58. The van der Waals surface area contributed by atoms with E-state index >= 15 is 0 Å². The summed E-state index contributed by atoms with van der Waals surface area (Å²) in [6.45, 7) is 2.09. The van der Waals surface area contributed by atoms with Gasteiger partial charge in [0.1, 0.15) is 17.1 Å². The number of rotatable bonds is 5. The molecule has 2 aromatic carbocycles. The number of hydrogen-bond acceptors (Lipinski definition) is 6. The Balaban J connectivity index is 1.52. The molecule has 29 heavy (non-hydrogen) atoms. The number of ether oxygens (including phenoxy) is 2. The second-order valence-electron chi connectivity index (χ2n) is 6.64. The maximum Gasteiger partial charge on any atom is 0.270 e. The van der Waals surface area contributed by atoms with Gasteiger partial charge in [-0.15, -0.1) is 0 Å². The van der Waals surface area contributed by atoms with Crippen LogP contribution in [0.25, 0.3) is 17.0 Å². The Morgan fingerprint density at radius 2 is 2.10 bits per heavy atom. The quantitative estimate of drug-likeness (QED) is 0.397. The lowest BCUT2D eigenvalue weighted by Crippen LogP contribution is -2.24. The molecule has 1 aromatic heterocycles. The van der Waals surface area contributed by atoms with E-state index in [9.17, 15) is 14.9 Å². The van der Waals surface area contributed by atoms with Crippen LogP contribution in [0, 0.1) is 10.1 Å². The number of carbonyl (C=O) groups is 1. The monoisotopic (exact) mass is 394 g/mol. The van der Waals surface area contributed by atoms with Crippen molar-refractivity contribution in [1.29, 1.82) is 0 Å². The first-order chi connectivity index (χ1) is 14.0. The minimum absolute atomic E-state index is 0.0565. The minimum Gasteiger partial charge on any atom is -0.467 e. The van der Waals surface area contributed by atoms with Crippen molar-refractivity contribution in [3.05, 3.63) is 75.5 Å². The summed E-state index contributed by atoms with van der Waals surface area (Å²) in [5, 5.41) is 14.9. The number of carbonyl (C=O) groups excluding carboxylic acids is 1. The van der Waals surface area contributed by atoms with E-state index in [4.69, 9.17) is 13.9 Å². The van der Waals surface area contributed by atoms with Gasteiger partial charge < -0.3 is 19.2 Å². The average Bonchev–Trinajstić information content (AvgIpc) is 3.16. The second-order valence-corrected chi connectivity index (χ2v) is 6.64. The summed E-state index contributed by atoms with van der Waals surface area (Å²) in [5.41, 5.74) is 1.68. The van der Waals surface area contributed by atoms with Gasteiger partial charge in [0.2, 0.25) is 5.91 Å². The van der Waals surface area contributed by atoms with Crippen LogP contribution in [0.1, 0.15) is 29.9 Å². The lowest BCUT2D eigenvalue weighted by molar-refractivity contribution is -0.385. The van der Waals surface area contributed by atoms with Crippen LogP contribution in [0.4, 0.5) is 5.69 Å². The highest BCUT2D eigenvalue weighted by Crippen LogP contribution is 2.33. The molecule has 148 valence electrons. The molecule has 4 rings (SSSR count). The van der Waals surface area contributed by atoms with Crippen molar-refractivity contribution in [2.24, 2.45) is 0 Å². The number of furan rings is 1. The molecule has 0 aliphatic carbocycles. The molecule has 0 saturated carbocycles. The van der Waals surface area contributed by atoms with Gasteiger partial charge in [0.05, 0.1) is 17.6 Å². The van der Waals surface area contributed by atoms with Gasteiger partial charge >= 0.3 is 0 Å². The SMILES string of the molecule is C[C@@H](NC(=O)/C=C/c1cc([N+](=O)[O-])cc2c1OCOC2)c1cc2ccccc2o1. The number of hydrogen-bond donors (Lipinski definition) is 1. The molecule has 1 aliphatic rings. The molecule has 0 bridgehead atoms. The molecular weight excluding hydrogens is 376 g/mol. The maximum absolute atomic E-state index is 12.4. The normalized spacial score (nSPS) is 14.4. The third-order valence-electron chi connectivity index (χ3n) is 4.58. The van der Waals surface area contributed by atoms with Crippen molar-refractivity contribution < 1.29 is 23.6 Å². The molecule has 1 amide bonds. The van der Waals surface area contributed by atoms with E-state index in [1.54, 1.807) is 0 Å². The van der Waals surface area contributed by atoms with E-state index in [0.29, 0.717) is 22.6 Å². The van der Waals surface area contributed by atoms with Crippen molar-refractivity contribution in [1.82, 2.24) is 5.32 Å². The van der Waals surface area contributed by atoms with E-state index < -0.39 is 4.92 Å². The third kappa shape index (κ3) is 3.97. The lowest BCUT2D eigenvalue weighted by atomic mass is 10.1. The number of nitrogens with one attached hydrogen (secondary N) is 1. The zero-order chi connectivity index (χ0) is 20.4. The van der Waals surface area contributed by atoms with E-state index in [2.05, 4.69) is 5.32 Å². The van der Waals surface area contributed by atoms with Gasteiger partial charge in [0, 0.05) is 34.7 Å². The Labute approximate surface area is 165 Å². The molecule has 8 nitrogen and oxygen atoms in total. The highest BCUT2D eigenvalue weighted by molar-refractivity contribution is 5.92. The molecule has 8 heteroatoms. The number of nitro groups is 1. The number of amides is 1. The van der Waals surface area contributed by atoms with Gasteiger partial charge in [-0.25, -0.2) is 0 Å². The van der Waals surface area contributed by atoms with Crippen LogP contribution in [0.2, 0.25) is 0 Å². The zero-order valence-electron chi connectivity index (χ0n) is 15.6. The van der Waals surface area contributed by atoms with Crippen LogP contribution in [0.15, 0.2) is 53.0 Å². The Bertz CT molecular complexity index is 1080. The van der Waals surface area contributed by atoms with Crippen LogP contribution in [0.3, 0.4) is 0 Å². The molecule has 2 heterocycles. The van der Waals surface area contributed by atoms with Crippen molar-refractivity contribution in [2.45, 2.75) is 19.6 Å². The van der Waals surface area contributed by atoms with Gasteiger partial charge in [-0.1, -0.05) is 18.2 Å². The number of fused-ring (bicyclic) bond motifs is 2. The smallest absolute Gasteiger partial charge is 0.270 e. The summed E-state index contributed by atoms with van der Waals surface area (Å²) >= 11 is 0. The maximum atomic E-state index is 12.4. The van der Waals surface area contributed by atoms with Crippen molar-refractivity contribution in [3.8, 4) is 5.75 Å². The fourth-order valence-corrected chi connectivity index (χ4v) is 3.17. The highest BCUT2D eigenvalue weighted by Gasteiger charge is 2.20. The van der Waals surface area contributed by atoms with Crippen molar-refractivity contribution >= 4 is 28.6 Å². The first-order valence-electron chi connectivity index (χ1n) is 9.00. The Morgan fingerprint density at radius 1 is 1.28 bits per heavy atom. The summed E-state index contributed by atoms with van der Waals surface area (Å²) in [7, 11) is 0. The second kappa shape index (κ2) is 7.76. The number of para-hydroxylation sites is 1. The van der Waals surface area contributed by atoms with Gasteiger partial charge in [-0.3, -0.25) is 14.9 Å². The minimum atomic E-state index is -0.490. The summed E-state index contributed by atoms with van der Waals surface area (Å²) < 4.78 is 16.4. The summed E-state index contributed by atoms with van der Waals surface area (Å²) in [5.74, 6) is 0.766. The van der Waals surface area contributed by atoms with Crippen LogP contribution in [-0.2, 0) is 16.1 Å². The molecule has 1 atom stereocenters. The molecule has 1 N–H and O–H groups in total. The van der Waals surface area contributed by atoms with Gasteiger partial charge in [-0.05, 0) is 25.1 Å². The molecule has 0 unspecified atom stereocenters. The first-order valence-corrected chi connectivity index (χ1v) is 9.00. The van der Waals surface area contributed by atoms with E-state index in [0.717, 1.165) is 11.0 Å². The van der Waals surface area contributed by atoms with Crippen LogP contribution in [-0.4, -0.2) is 17.6 Å². The fourth-order valence-electron chi connectivity index (χ4n) is 3.17. The van der Waals surface area contributed by atoms with E-state index in [1.807, 2.05) is 37.3 Å². The standard InChI is InChI=1S/C21H18N2O6/c1-13(19-10-14-4-2-3-5-18(14)29-19)22-20(24)7-6-15-8-17(23(25)26)9-16-11-27-12-28-21(15)16/h2-10,13H,11-12H2,1H3,(H,22,24)/b7-6+/t13-/m1/s1.